The Balaban J connectivity index is 1.38. The first kappa shape index (κ1) is 16.1. The van der Waals surface area contributed by atoms with Gasteiger partial charge in [0.25, 0.3) is 5.91 Å². The van der Waals surface area contributed by atoms with Gasteiger partial charge in [0.15, 0.2) is 11.5 Å². The number of hydrogen-bond acceptors (Lipinski definition) is 4. The fourth-order valence-electron chi connectivity index (χ4n) is 2.72. The van der Waals surface area contributed by atoms with Gasteiger partial charge < -0.3 is 19.4 Å². The van der Waals surface area contributed by atoms with Gasteiger partial charge in [0.05, 0.1) is 12.0 Å². The van der Waals surface area contributed by atoms with Crippen LogP contribution < -0.4 is 14.8 Å². The molecule has 1 unspecified atom stereocenters. The molecule has 1 amide bonds. The number of rotatable bonds is 4. The highest BCUT2D eigenvalue weighted by Crippen LogP contribution is 2.30. The highest BCUT2D eigenvalue weighted by atomic mass is 19.1. The molecular formula is C19H16FN3O3. The number of fused-ring (bicyclic) bond motifs is 1. The topological polar surface area (TPSA) is 65.4 Å². The summed E-state index contributed by atoms with van der Waals surface area (Å²) in [5, 5.41) is 2.75. The van der Waals surface area contributed by atoms with Crippen molar-refractivity contribution in [3.8, 4) is 17.2 Å². The molecule has 2 heterocycles. The van der Waals surface area contributed by atoms with E-state index in [9.17, 15) is 9.18 Å². The SMILES string of the molecule is O=C(NCc1ccc(-n2ccnc2)c(F)c1)C1COc2ccccc2O1. The van der Waals surface area contributed by atoms with Crippen molar-refractivity contribution in [3.63, 3.8) is 0 Å². The molecule has 2 aromatic carbocycles. The molecule has 1 aliphatic heterocycles. The molecule has 1 atom stereocenters. The van der Waals surface area contributed by atoms with Crippen LogP contribution in [-0.4, -0.2) is 28.2 Å². The second-order valence-corrected chi connectivity index (χ2v) is 5.84. The number of amides is 1. The average Bonchev–Trinajstić information content (AvgIpc) is 3.20. The standard InChI is InChI=1S/C19H16FN3O3/c20-14-9-13(5-6-15(14)23-8-7-21-12-23)10-22-19(24)18-11-25-16-3-1-2-4-17(16)26-18/h1-9,12,18H,10-11H2,(H,22,24). The van der Waals surface area contributed by atoms with E-state index in [0.717, 1.165) is 0 Å². The molecule has 0 radical (unpaired) electrons. The Kier molecular flexibility index (Phi) is 4.27. The number of nitrogens with one attached hydrogen (secondary N) is 1. The van der Waals surface area contributed by atoms with Gasteiger partial charge in [-0.3, -0.25) is 4.79 Å². The highest BCUT2D eigenvalue weighted by Gasteiger charge is 2.26. The fourth-order valence-corrected chi connectivity index (χ4v) is 2.72. The fraction of sp³-hybridized carbons (Fsp3) is 0.158. The minimum Gasteiger partial charge on any atom is -0.485 e. The molecule has 6 nitrogen and oxygen atoms in total. The van der Waals surface area contributed by atoms with Gasteiger partial charge in [-0.2, -0.15) is 0 Å². The molecule has 1 aromatic heterocycles. The summed E-state index contributed by atoms with van der Waals surface area (Å²) in [4.78, 5) is 16.2. The van der Waals surface area contributed by atoms with E-state index in [1.165, 1.54) is 12.4 Å². The monoisotopic (exact) mass is 353 g/mol. The molecule has 0 spiro atoms. The lowest BCUT2D eigenvalue weighted by Gasteiger charge is -2.25. The maximum atomic E-state index is 14.3. The van der Waals surface area contributed by atoms with Crippen LogP contribution in [0.5, 0.6) is 11.5 Å². The molecule has 26 heavy (non-hydrogen) atoms. The number of imidazole rings is 1. The second kappa shape index (κ2) is 6.87. The summed E-state index contributed by atoms with van der Waals surface area (Å²) >= 11 is 0. The Bertz CT molecular complexity index is 928. The van der Waals surface area contributed by atoms with Crippen molar-refractivity contribution in [2.45, 2.75) is 12.6 Å². The van der Waals surface area contributed by atoms with E-state index in [1.54, 1.807) is 41.2 Å². The van der Waals surface area contributed by atoms with Crippen LogP contribution in [0.25, 0.3) is 5.69 Å². The van der Waals surface area contributed by atoms with Crippen LogP contribution in [0.15, 0.2) is 61.2 Å². The first-order valence-corrected chi connectivity index (χ1v) is 8.13. The number of hydrogen-bond donors (Lipinski definition) is 1. The summed E-state index contributed by atoms with van der Waals surface area (Å²) in [6.07, 6.45) is 4.04. The third kappa shape index (κ3) is 3.23. The van der Waals surface area contributed by atoms with Crippen LogP contribution in [-0.2, 0) is 11.3 Å². The van der Waals surface area contributed by atoms with Crippen LogP contribution in [0.3, 0.4) is 0 Å². The van der Waals surface area contributed by atoms with E-state index in [2.05, 4.69) is 10.3 Å². The van der Waals surface area contributed by atoms with Crippen molar-refractivity contribution in [2.24, 2.45) is 0 Å². The lowest BCUT2D eigenvalue weighted by atomic mass is 10.2. The van der Waals surface area contributed by atoms with Crippen molar-refractivity contribution >= 4 is 5.91 Å². The number of carbonyl (C=O) groups is 1. The molecule has 4 rings (SSSR count). The molecule has 0 saturated heterocycles. The highest BCUT2D eigenvalue weighted by molar-refractivity contribution is 5.81. The molecule has 0 saturated carbocycles. The minimum atomic E-state index is -0.736. The summed E-state index contributed by atoms with van der Waals surface area (Å²) in [7, 11) is 0. The van der Waals surface area contributed by atoms with Crippen LogP contribution in [0, 0.1) is 5.82 Å². The Labute approximate surface area is 149 Å². The van der Waals surface area contributed by atoms with Crippen molar-refractivity contribution in [1.82, 2.24) is 14.9 Å². The summed E-state index contributed by atoms with van der Waals surface area (Å²) in [6.45, 7) is 0.332. The Morgan fingerprint density at radius 3 is 2.88 bits per heavy atom. The number of ether oxygens (including phenoxy) is 2. The number of halogens is 1. The largest absolute Gasteiger partial charge is 0.485 e. The quantitative estimate of drug-likeness (QED) is 0.783. The van der Waals surface area contributed by atoms with Crippen LogP contribution in [0.4, 0.5) is 4.39 Å². The van der Waals surface area contributed by atoms with Crippen LogP contribution in [0.1, 0.15) is 5.56 Å². The molecule has 132 valence electrons. The van der Waals surface area contributed by atoms with Gasteiger partial charge >= 0.3 is 0 Å². The summed E-state index contributed by atoms with van der Waals surface area (Å²) < 4.78 is 27.0. The summed E-state index contributed by atoms with van der Waals surface area (Å²) in [6, 6.07) is 12.0. The van der Waals surface area contributed by atoms with Gasteiger partial charge in [-0.05, 0) is 29.8 Å². The molecule has 0 aliphatic carbocycles. The van der Waals surface area contributed by atoms with Gasteiger partial charge in [-0.15, -0.1) is 0 Å². The summed E-state index contributed by atoms with van der Waals surface area (Å²) in [5.41, 5.74) is 1.05. The molecule has 1 N–H and O–H groups in total. The van der Waals surface area contributed by atoms with E-state index in [4.69, 9.17) is 9.47 Å². The van der Waals surface area contributed by atoms with E-state index >= 15 is 0 Å². The van der Waals surface area contributed by atoms with E-state index in [1.807, 2.05) is 12.1 Å². The van der Waals surface area contributed by atoms with Crippen molar-refractivity contribution < 1.29 is 18.7 Å². The zero-order valence-electron chi connectivity index (χ0n) is 13.8. The first-order valence-electron chi connectivity index (χ1n) is 8.13. The third-order valence-electron chi connectivity index (χ3n) is 4.06. The van der Waals surface area contributed by atoms with E-state index in [-0.39, 0.29) is 24.9 Å². The number of nitrogens with zero attached hydrogens (tertiary/aromatic N) is 2. The number of carbonyl (C=O) groups excluding carboxylic acids is 1. The predicted octanol–water partition coefficient (Wildman–Crippen LogP) is 2.47. The average molecular weight is 353 g/mol. The van der Waals surface area contributed by atoms with Crippen molar-refractivity contribution in [2.75, 3.05) is 6.61 Å². The number of benzene rings is 2. The Morgan fingerprint density at radius 2 is 2.12 bits per heavy atom. The van der Waals surface area contributed by atoms with Crippen molar-refractivity contribution in [3.05, 3.63) is 72.6 Å². The normalized spacial score (nSPS) is 15.5. The van der Waals surface area contributed by atoms with E-state index in [0.29, 0.717) is 22.7 Å². The number of aromatic nitrogens is 2. The minimum absolute atomic E-state index is 0.136. The molecule has 0 bridgehead atoms. The maximum absolute atomic E-state index is 14.3. The first-order chi connectivity index (χ1) is 12.7. The molecular weight excluding hydrogens is 337 g/mol. The molecule has 0 fully saturated rings. The predicted molar refractivity (Wildman–Crippen MR) is 91.7 cm³/mol. The van der Waals surface area contributed by atoms with Gasteiger partial charge in [0.1, 0.15) is 12.4 Å². The molecule has 3 aromatic rings. The van der Waals surface area contributed by atoms with Crippen molar-refractivity contribution in [1.29, 1.82) is 0 Å². The van der Waals surface area contributed by atoms with Crippen LogP contribution >= 0.6 is 0 Å². The Morgan fingerprint density at radius 1 is 1.27 bits per heavy atom. The van der Waals surface area contributed by atoms with Crippen LogP contribution in [0.2, 0.25) is 0 Å². The zero-order valence-corrected chi connectivity index (χ0v) is 13.8. The number of para-hydroxylation sites is 2. The molecule has 1 aliphatic rings. The second-order valence-electron chi connectivity index (χ2n) is 5.84. The van der Waals surface area contributed by atoms with Gasteiger partial charge in [0, 0.05) is 18.9 Å². The van der Waals surface area contributed by atoms with Gasteiger partial charge in [-0.25, -0.2) is 9.37 Å². The summed E-state index contributed by atoms with van der Waals surface area (Å²) in [5.74, 6) is 0.461. The van der Waals surface area contributed by atoms with Gasteiger partial charge in [0.2, 0.25) is 6.10 Å². The maximum Gasteiger partial charge on any atom is 0.264 e. The smallest absolute Gasteiger partial charge is 0.264 e. The lowest BCUT2D eigenvalue weighted by Crippen LogP contribution is -2.43. The molecule has 7 heteroatoms. The zero-order chi connectivity index (χ0) is 17.9. The Hall–Kier alpha value is -3.35. The van der Waals surface area contributed by atoms with E-state index < -0.39 is 6.10 Å². The lowest BCUT2D eigenvalue weighted by molar-refractivity contribution is -0.130. The van der Waals surface area contributed by atoms with Gasteiger partial charge in [-0.1, -0.05) is 18.2 Å². The third-order valence-corrected chi connectivity index (χ3v) is 4.06.